The third-order valence-corrected chi connectivity index (χ3v) is 2.18. The largest absolute Gasteiger partial charge is 0.507 e. The molecule has 0 spiro atoms. The summed E-state index contributed by atoms with van der Waals surface area (Å²) < 4.78 is 4.88. The summed E-state index contributed by atoms with van der Waals surface area (Å²) in [5, 5.41) is 12.1. The van der Waals surface area contributed by atoms with Crippen LogP contribution in [0.3, 0.4) is 0 Å². The third kappa shape index (κ3) is 2.23. The predicted octanol–water partition coefficient (Wildman–Crippen LogP) is 1.92. The summed E-state index contributed by atoms with van der Waals surface area (Å²) >= 11 is 0. The molecule has 1 amide bonds. The average Bonchev–Trinajstić information content (AvgIpc) is 2.79. The number of aromatic hydroxyl groups is 1. The van der Waals surface area contributed by atoms with Gasteiger partial charge in [-0.15, -0.1) is 0 Å². The number of nitrogens with one attached hydrogen (secondary N) is 1. The van der Waals surface area contributed by atoms with E-state index in [2.05, 4.69) is 5.32 Å². The van der Waals surface area contributed by atoms with Gasteiger partial charge in [0.1, 0.15) is 5.75 Å². The molecule has 2 aromatic rings. The van der Waals surface area contributed by atoms with Crippen LogP contribution in [0.1, 0.15) is 15.9 Å². The molecule has 0 aliphatic heterocycles. The summed E-state index contributed by atoms with van der Waals surface area (Å²) in [6.07, 6.45) is 3.10. The Morgan fingerprint density at radius 2 is 2.12 bits per heavy atom. The van der Waals surface area contributed by atoms with Gasteiger partial charge in [-0.2, -0.15) is 0 Å². The first-order chi connectivity index (χ1) is 7.77. The lowest BCUT2D eigenvalue weighted by Crippen LogP contribution is -2.22. The lowest BCUT2D eigenvalue weighted by molar-refractivity contribution is 0.0948. The zero-order chi connectivity index (χ0) is 11.4. The van der Waals surface area contributed by atoms with Crippen LogP contribution in [0.5, 0.6) is 5.75 Å². The van der Waals surface area contributed by atoms with Crippen molar-refractivity contribution in [1.29, 1.82) is 0 Å². The van der Waals surface area contributed by atoms with Gasteiger partial charge in [-0.1, -0.05) is 12.1 Å². The van der Waals surface area contributed by atoms with Gasteiger partial charge in [0.2, 0.25) is 0 Å². The minimum Gasteiger partial charge on any atom is -0.507 e. The number of para-hydroxylation sites is 1. The molecule has 0 atom stereocenters. The second-order valence-corrected chi connectivity index (χ2v) is 3.33. The number of carbonyl (C=O) groups excluding carboxylic acids is 1. The van der Waals surface area contributed by atoms with Gasteiger partial charge >= 0.3 is 0 Å². The van der Waals surface area contributed by atoms with Crippen molar-refractivity contribution < 1.29 is 14.3 Å². The Hall–Kier alpha value is -2.23. The number of phenolic OH excluding ortho intramolecular Hbond substituents is 1. The molecule has 16 heavy (non-hydrogen) atoms. The SMILES string of the molecule is O=C(NCc1ccoc1)c1ccccc1O. The van der Waals surface area contributed by atoms with Crippen molar-refractivity contribution in [3.05, 3.63) is 54.0 Å². The molecule has 1 aromatic heterocycles. The second kappa shape index (κ2) is 4.53. The van der Waals surface area contributed by atoms with E-state index >= 15 is 0 Å². The monoisotopic (exact) mass is 217 g/mol. The van der Waals surface area contributed by atoms with Crippen molar-refractivity contribution >= 4 is 5.91 Å². The smallest absolute Gasteiger partial charge is 0.255 e. The van der Waals surface area contributed by atoms with Crippen molar-refractivity contribution in [2.75, 3.05) is 0 Å². The first-order valence-electron chi connectivity index (χ1n) is 4.84. The number of furan rings is 1. The van der Waals surface area contributed by atoms with Gasteiger partial charge in [-0.25, -0.2) is 0 Å². The van der Waals surface area contributed by atoms with Gasteiger partial charge in [-0.3, -0.25) is 4.79 Å². The summed E-state index contributed by atoms with van der Waals surface area (Å²) in [4.78, 5) is 11.7. The molecule has 0 aliphatic carbocycles. The molecule has 0 saturated heterocycles. The van der Waals surface area contributed by atoms with E-state index in [1.165, 1.54) is 6.07 Å². The van der Waals surface area contributed by atoms with Gasteiger partial charge in [-0.05, 0) is 18.2 Å². The normalized spacial score (nSPS) is 10.0. The summed E-state index contributed by atoms with van der Waals surface area (Å²) in [6, 6.07) is 8.19. The minimum atomic E-state index is -0.306. The van der Waals surface area contributed by atoms with E-state index in [9.17, 15) is 9.90 Å². The fourth-order valence-corrected chi connectivity index (χ4v) is 1.34. The average molecular weight is 217 g/mol. The molecule has 0 saturated carbocycles. The van der Waals surface area contributed by atoms with Crippen molar-refractivity contribution in [2.24, 2.45) is 0 Å². The quantitative estimate of drug-likeness (QED) is 0.825. The van der Waals surface area contributed by atoms with E-state index in [1.54, 1.807) is 36.8 Å². The molecule has 1 aromatic carbocycles. The number of rotatable bonds is 3. The molecule has 4 heteroatoms. The minimum absolute atomic E-state index is 0.0211. The second-order valence-electron chi connectivity index (χ2n) is 3.33. The number of phenols is 1. The Labute approximate surface area is 92.5 Å². The molecule has 0 unspecified atom stereocenters. The fourth-order valence-electron chi connectivity index (χ4n) is 1.34. The molecule has 0 radical (unpaired) electrons. The molecule has 82 valence electrons. The molecule has 4 nitrogen and oxygen atoms in total. The Kier molecular flexibility index (Phi) is 2.91. The number of amides is 1. The Morgan fingerprint density at radius 3 is 2.81 bits per heavy atom. The number of benzene rings is 1. The van der Waals surface area contributed by atoms with E-state index in [0.29, 0.717) is 6.54 Å². The summed E-state index contributed by atoms with van der Waals surface area (Å²) in [5.74, 6) is -0.327. The van der Waals surface area contributed by atoms with Crippen LogP contribution in [0.4, 0.5) is 0 Å². The lowest BCUT2D eigenvalue weighted by atomic mass is 10.2. The van der Waals surface area contributed by atoms with Crippen LogP contribution in [0, 0.1) is 0 Å². The highest BCUT2D eigenvalue weighted by Crippen LogP contribution is 2.15. The van der Waals surface area contributed by atoms with Crippen molar-refractivity contribution in [3.63, 3.8) is 0 Å². The molecule has 0 aliphatic rings. The lowest BCUT2D eigenvalue weighted by Gasteiger charge is -2.04. The van der Waals surface area contributed by atoms with Crippen LogP contribution in [-0.4, -0.2) is 11.0 Å². The molecule has 2 rings (SSSR count). The molecule has 0 bridgehead atoms. The molecular formula is C12H11NO3. The highest BCUT2D eigenvalue weighted by Gasteiger charge is 2.09. The van der Waals surface area contributed by atoms with Crippen molar-refractivity contribution in [2.45, 2.75) is 6.54 Å². The number of carbonyl (C=O) groups is 1. The van der Waals surface area contributed by atoms with Crippen molar-refractivity contribution in [3.8, 4) is 5.75 Å². The van der Waals surface area contributed by atoms with Crippen LogP contribution >= 0.6 is 0 Å². The summed E-state index contributed by atoms with van der Waals surface area (Å²) in [6.45, 7) is 0.379. The van der Waals surface area contributed by atoms with Crippen LogP contribution in [0.15, 0.2) is 47.3 Å². The maximum Gasteiger partial charge on any atom is 0.255 e. The highest BCUT2D eigenvalue weighted by atomic mass is 16.3. The molecular weight excluding hydrogens is 206 g/mol. The van der Waals surface area contributed by atoms with Gasteiger partial charge in [0.15, 0.2) is 0 Å². The van der Waals surface area contributed by atoms with Crippen LogP contribution < -0.4 is 5.32 Å². The van der Waals surface area contributed by atoms with Crippen LogP contribution in [-0.2, 0) is 6.54 Å². The van der Waals surface area contributed by atoms with Crippen LogP contribution in [0.2, 0.25) is 0 Å². The molecule has 0 fully saturated rings. The number of hydrogen-bond acceptors (Lipinski definition) is 3. The van der Waals surface area contributed by atoms with E-state index in [0.717, 1.165) is 5.56 Å². The van der Waals surface area contributed by atoms with E-state index in [-0.39, 0.29) is 17.2 Å². The van der Waals surface area contributed by atoms with Gasteiger partial charge in [0.05, 0.1) is 18.1 Å². The topological polar surface area (TPSA) is 62.5 Å². The first kappa shape index (κ1) is 10.3. The summed E-state index contributed by atoms with van der Waals surface area (Å²) in [7, 11) is 0. The third-order valence-electron chi connectivity index (χ3n) is 2.18. The Bertz CT molecular complexity index is 477. The Morgan fingerprint density at radius 1 is 1.31 bits per heavy atom. The van der Waals surface area contributed by atoms with E-state index in [4.69, 9.17) is 4.42 Å². The fraction of sp³-hybridized carbons (Fsp3) is 0.0833. The zero-order valence-electron chi connectivity index (χ0n) is 8.51. The van der Waals surface area contributed by atoms with Crippen molar-refractivity contribution in [1.82, 2.24) is 5.32 Å². The van der Waals surface area contributed by atoms with Gasteiger partial charge in [0, 0.05) is 12.1 Å². The van der Waals surface area contributed by atoms with Gasteiger partial charge in [0.25, 0.3) is 5.91 Å². The van der Waals surface area contributed by atoms with E-state index in [1.807, 2.05) is 0 Å². The highest BCUT2D eigenvalue weighted by molar-refractivity contribution is 5.96. The first-order valence-corrected chi connectivity index (χ1v) is 4.84. The maximum absolute atomic E-state index is 11.7. The molecule has 2 N–H and O–H groups in total. The van der Waals surface area contributed by atoms with Crippen LogP contribution in [0.25, 0.3) is 0 Å². The predicted molar refractivity (Wildman–Crippen MR) is 58.0 cm³/mol. The number of hydrogen-bond donors (Lipinski definition) is 2. The summed E-state index contributed by atoms with van der Waals surface area (Å²) in [5.41, 5.74) is 1.15. The maximum atomic E-state index is 11.7. The molecule has 1 heterocycles. The standard InChI is InChI=1S/C12H11NO3/c14-11-4-2-1-3-10(11)12(15)13-7-9-5-6-16-8-9/h1-6,8,14H,7H2,(H,13,15). The zero-order valence-corrected chi connectivity index (χ0v) is 8.51. The van der Waals surface area contributed by atoms with E-state index < -0.39 is 0 Å². The van der Waals surface area contributed by atoms with Gasteiger partial charge < -0.3 is 14.8 Å². The Balaban J connectivity index is 2.01.